The third-order valence-corrected chi connectivity index (χ3v) is 7.73. The van der Waals surface area contributed by atoms with E-state index < -0.39 is 60.8 Å². The molecule has 0 unspecified atom stereocenters. The molecule has 2 heterocycles. The Morgan fingerprint density at radius 2 is 1.02 bits per heavy atom. The summed E-state index contributed by atoms with van der Waals surface area (Å²) in [6.07, 6.45) is 2.32. The number of hydrogen-bond donors (Lipinski definition) is 8. The van der Waals surface area contributed by atoms with Gasteiger partial charge in [0, 0.05) is 37.3 Å². The van der Waals surface area contributed by atoms with Gasteiger partial charge in [-0.25, -0.2) is 0 Å². The van der Waals surface area contributed by atoms with Crippen molar-refractivity contribution in [2.45, 2.75) is 126 Å². The van der Waals surface area contributed by atoms with E-state index in [0.29, 0.717) is 37.3 Å². The first-order chi connectivity index (χ1) is 19.1. The Kier molecular flexibility index (Phi) is 10.9. The third kappa shape index (κ3) is 7.79. The van der Waals surface area contributed by atoms with E-state index in [9.17, 15) is 20.4 Å². The van der Waals surface area contributed by atoms with Crippen molar-refractivity contribution < 1.29 is 29.9 Å². The molecule has 12 N–H and O–H groups in total. The molecule has 0 amide bonds. The Hall–Kier alpha value is -2.12. The van der Waals surface area contributed by atoms with Gasteiger partial charge in [0.2, 0.25) is 0 Å². The van der Waals surface area contributed by atoms with Crippen molar-refractivity contribution >= 4 is 0 Å². The predicted molar refractivity (Wildman–Crippen MR) is 141 cm³/mol. The molecule has 40 heavy (non-hydrogen) atoms. The van der Waals surface area contributed by atoms with Gasteiger partial charge in [0.25, 0.3) is 0 Å². The van der Waals surface area contributed by atoms with Crippen LogP contribution in [0.1, 0.15) is 49.9 Å². The maximum Gasteiger partial charge on any atom is 0.109 e. The minimum absolute atomic E-state index is 0.131. The Morgan fingerprint density at radius 1 is 0.625 bits per heavy atom. The van der Waals surface area contributed by atoms with Gasteiger partial charge >= 0.3 is 0 Å². The molecule has 2 aliphatic rings. The minimum atomic E-state index is -1.14. The summed E-state index contributed by atoms with van der Waals surface area (Å²) < 4.78 is 15.0. The quantitative estimate of drug-likeness (QED) is 0.109. The van der Waals surface area contributed by atoms with Crippen molar-refractivity contribution in [1.29, 1.82) is 0 Å². The summed E-state index contributed by atoms with van der Waals surface area (Å²) in [5.41, 5.74) is 24.9. The van der Waals surface area contributed by atoms with E-state index in [1.807, 2.05) is 0 Å². The van der Waals surface area contributed by atoms with E-state index in [0.717, 1.165) is 25.7 Å². The lowest BCUT2D eigenvalue weighted by molar-refractivity contribution is -0.132. The summed E-state index contributed by atoms with van der Waals surface area (Å²) in [4.78, 5) is 0. The summed E-state index contributed by atoms with van der Waals surface area (Å²) >= 11 is 0. The normalized spacial score (nSPS) is 34.8. The lowest BCUT2D eigenvalue weighted by Crippen LogP contribution is -2.61. The molecule has 16 nitrogen and oxygen atoms in total. The number of rotatable bonds is 13. The smallest absolute Gasteiger partial charge is 0.109 e. The lowest BCUT2D eigenvalue weighted by atomic mass is 9.85. The number of ether oxygens (including phenoxy) is 2. The van der Waals surface area contributed by atoms with Crippen LogP contribution in [0.4, 0.5) is 0 Å². The van der Waals surface area contributed by atoms with Gasteiger partial charge < -0.3 is 52.8 Å². The van der Waals surface area contributed by atoms with Crippen LogP contribution in [-0.4, -0.2) is 111 Å². The molecule has 10 atom stereocenters. The number of aliphatic hydroxyl groups is 4. The molecule has 0 aliphatic heterocycles. The summed E-state index contributed by atoms with van der Waals surface area (Å²) in [5, 5.41) is 56.9. The number of aryl methyl sites for hydroxylation is 2. The second-order valence-corrected chi connectivity index (χ2v) is 11.0. The molecule has 0 radical (unpaired) electrons. The Bertz CT molecular complexity index is 961. The maximum absolute atomic E-state index is 10.2. The van der Waals surface area contributed by atoms with Crippen LogP contribution in [0.15, 0.2) is 12.4 Å². The molecule has 4 rings (SSSR count). The number of aromatic nitrogens is 6. The molecular weight excluding hydrogens is 524 g/mol. The van der Waals surface area contributed by atoms with Crippen molar-refractivity contribution in [3.8, 4) is 0 Å². The van der Waals surface area contributed by atoms with Crippen molar-refractivity contribution in [2.75, 3.05) is 0 Å². The van der Waals surface area contributed by atoms with E-state index in [4.69, 9.17) is 32.4 Å². The van der Waals surface area contributed by atoms with Gasteiger partial charge in [0.05, 0.1) is 37.8 Å². The Balaban J connectivity index is 1.09. The van der Waals surface area contributed by atoms with Gasteiger partial charge in [-0.05, 0) is 25.7 Å². The predicted octanol–water partition coefficient (Wildman–Crippen LogP) is -3.54. The number of aliphatic hydroxyl groups excluding tert-OH is 4. The van der Waals surface area contributed by atoms with Crippen LogP contribution in [0.3, 0.4) is 0 Å². The zero-order valence-electron chi connectivity index (χ0n) is 22.6. The van der Waals surface area contributed by atoms with Crippen LogP contribution in [0.2, 0.25) is 0 Å². The van der Waals surface area contributed by atoms with Crippen molar-refractivity contribution in [3.63, 3.8) is 0 Å². The minimum Gasteiger partial charge on any atom is -0.389 e. The largest absolute Gasteiger partial charge is 0.389 e. The number of nitrogens with two attached hydrogens (primary N) is 4. The highest BCUT2D eigenvalue weighted by molar-refractivity contribution is 5.00. The van der Waals surface area contributed by atoms with Crippen LogP contribution in [0.5, 0.6) is 0 Å². The van der Waals surface area contributed by atoms with Crippen LogP contribution in [0.25, 0.3) is 0 Å². The molecule has 226 valence electrons. The molecule has 0 saturated heterocycles. The van der Waals surface area contributed by atoms with Crippen LogP contribution < -0.4 is 22.9 Å². The monoisotopic (exact) mass is 568 g/mol. The highest BCUT2D eigenvalue weighted by Gasteiger charge is 2.42. The summed E-state index contributed by atoms with van der Waals surface area (Å²) in [6.45, 7) is 1.69. The fourth-order valence-corrected chi connectivity index (χ4v) is 5.31. The fraction of sp³-hybridized carbons (Fsp3) is 0.833. The van der Waals surface area contributed by atoms with E-state index in [1.165, 1.54) is 0 Å². The van der Waals surface area contributed by atoms with Gasteiger partial charge in [-0.2, -0.15) is 0 Å². The van der Waals surface area contributed by atoms with Crippen LogP contribution >= 0.6 is 0 Å². The number of unbranched alkanes of at least 4 members (excludes halogenated alkanes) is 3. The average Bonchev–Trinajstić information content (AvgIpc) is 3.57. The molecule has 2 fully saturated rings. The summed E-state index contributed by atoms with van der Waals surface area (Å²) in [7, 11) is 0. The molecule has 0 bridgehead atoms. The molecule has 2 aromatic heterocycles. The van der Waals surface area contributed by atoms with Gasteiger partial charge in [-0.1, -0.05) is 23.3 Å². The highest BCUT2D eigenvalue weighted by Crippen LogP contribution is 2.23. The van der Waals surface area contributed by atoms with E-state index in [-0.39, 0.29) is 13.2 Å². The second-order valence-electron chi connectivity index (χ2n) is 11.0. The van der Waals surface area contributed by atoms with E-state index in [1.54, 1.807) is 21.8 Å². The van der Waals surface area contributed by atoms with E-state index in [2.05, 4.69) is 20.6 Å². The van der Waals surface area contributed by atoms with Gasteiger partial charge in [0.15, 0.2) is 0 Å². The Morgan fingerprint density at radius 3 is 1.43 bits per heavy atom. The molecule has 2 saturated carbocycles. The van der Waals surface area contributed by atoms with Crippen molar-refractivity contribution in [1.82, 2.24) is 30.0 Å². The average molecular weight is 569 g/mol. The first-order valence-electron chi connectivity index (χ1n) is 13.9. The SMILES string of the molecule is N[C@@H]1C[C@H](N)[C@@H](OCc2cn(CCCCCCn3cc(CO[C@H]4[C@H](O)[C@@H](O)[C@H](N)C[C@@H]4N)nn3)nn2)[C@H](O)[C@H]1O. The molecule has 16 heteroatoms. The zero-order chi connectivity index (χ0) is 28.8. The molecule has 0 spiro atoms. The standard InChI is InChI=1S/C24H44N10O6/c25-15-7-17(27)23(21(37)19(15)35)39-11-13-9-33(31-29-13)5-3-1-2-4-6-34-10-14(30-32-34)12-40-24-18(28)8-16(26)20(36)22(24)38/h9-10,15-24,35-38H,1-8,11-12,25-28H2/t15-,16-,17+,18+,19+,20+,21-,22-,23-,24-/m1/s1. The highest BCUT2D eigenvalue weighted by atomic mass is 16.5. The first-order valence-corrected chi connectivity index (χ1v) is 13.9. The van der Waals surface area contributed by atoms with Crippen molar-refractivity contribution in [2.24, 2.45) is 22.9 Å². The Labute approximate surface area is 232 Å². The molecule has 2 aromatic rings. The number of hydrogen-bond acceptors (Lipinski definition) is 14. The molecule has 2 aliphatic carbocycles. The fourth-order valence-electron chi connectivity index (χ4n) is 5.31. The first kappa shape index (κ1) is 30.8. The van der Waals surface area contributed by atoms with Crippen LogP contribution in [-0.2, 0) is 35.8 Å². The van der Waals surface area contributed by atoms with Gasteiger partial charge in [0.1, 0.15) is 35.8 Å². The summed E-state index contributed by atoms with van der Waals surface area (Å²) in [5.74, 6) is 0. The van der Waals surface area contributed by atoms with Crippen molar-refractivity contribution in [3.05, 3.63) is 23.8 Å². The zero-order valence-corrected chi connectivity index (χ0v) is 22.6. The summed E-state index contributed by atoms with van der Waals surface area (Å²) in [6, 6.07) is -2.08. The number of nitrogens with zero attached hydrogens (tertiary/aromatic N) is 6. The topological polar surface area (TPSA) is 265 Å². The van der Waals surface area contributed by atoms with Gasteiger partial charge in [-0.15, -0.1) is 10.2 Å². The lowest BCUT2D eigenvalue weighted by Gasteiger charge is -2.39. The van der Waals surface area contributed by atoms with E-state index >= 15 is 0 Å². The maximum atomic E-state index is 10.2. The molecular formula is C24H44N10O6. The third-order valence-electron chi connectivity index (χ3n) is 7.73. The van der Waals surface area contributed by atoms with Gasteiger partial charge in [-0.3, -0.25) is 9.36 Å². The molecule has 0 aromatic carbocycles. The van der Waals surface area contributed by atoms with Crippen LogP contribution in [0, 0.1) is 0 Å². The second kappa shape index (κ2) is 14.2.